The van der Waals surface area contributed by atoms with E-state index in [0.29, 0.717) is 0 Å². The summed E-state index contributed by atoms with van der Waals surface area (Å²) in [6.07, 6.45) is -10.2. The number of amides is 2. The van der Waals surface area contributed by atoms with Crippen molar-refractivity contribution in [3.8, 4) is 0 Å². The Hall–Kier alpha value is -1.46. The van der Waals surface area contributed by atoms with Crippen LogP contribution in [0, 0.1) is 5.41 Å². The molecular formula is C12H24N2O4. The molecule has 6 heteroatoms. The second kappa shape index (κ2) is 7.79. The molecule has 0 fully saturated rings. The number of rotatable bonds is 7. The molecule has 0 aliphatic heterocycles. The van der Waals surface area contributed by atoms with Gasteiger partial charge in [-0.15, -0.1) is 0 Å². The van der Waals surface area contributed by atoms with Crippen molar-refractivity contribution in [3.05, 3.63) is 0 Å². The van der Waals surface area contributed by atoms with E-state index in [2.05, 4.69) is 9.47 Å². The molecule has 0 aromatic rings. The van der Waals surface area contributed by atoms with E-state index in [0.717, 1.165) is 6.92 Å². The molecule has 0 aromatic heterocycles. The summed E-state index contributed by atoms with van der Waals surface area (Å²) in [5.74, 6) is 0. The van der Waals surface area contributed by atoms with Gasteiger partial charge in [0, 0.05) is 29.3 Å². The first-order valence-corrected chi connectivity index (χ1v) is 4.64. The number of nitrogens with one attached hydrogen (secondary N) is 1. The minimum Gasteiger partial charge on any atom is -0.449 e. The van der Waals surface area contributed by atoms with E-state index in [1.165, 1.54) is 5.32 Å². The summed E-state index contributed by atoms with van der Waals surface area (Å²) in [6.45, 7) is -12.1. The average Bonchev–Trinajstić information content (AvgIpc) is 2.54. The van der Waals surface area contributed by atoms with Gasteiger partial charge in [-0.1, -0.05) is 20.1 Å². The fraction of sp³-hybridized carbons (Fsp3) is 0.833. The highest BCUT2D eigenvalue weighted by Crippen LogP contribution is 2.24. The number of ether oxygens (including phenoxy) is 2. The van der Waals surface area contributed by atoms with E-state index < -0.39 is 70.1 Å². The zero-order valence-corrected chi connectivity index (χ0v) is 9.62. The van der Waals surface area contributed by atoms with Crippen LogP contribution in [0.1, 0.15) is 59.4 Å². The third-order valence-electron chi connectivity index (χ3n) is 1.65. The van der Waals surface area contributed by atoms with Crippen LogP contribution in [0.25, 0.3) is 0 Å². The van der Waals surface area contributed by atoms with Gasteiger partial charge in [0.2, 0.25) is 0 Å². The lowest BCUT2D eigenvalue weighted by Crippen LogP contribution is -2.37. The Bertz CT molecular complexity index is 687. The maximum Gasteiger partial charge on any atom is 0.407 e. The lowest BCUT2D eigenvalue weighted by molar-refractivity contribution is 0.0333. The highest BCUT2D eigenvalue weighted by molar-refractivity contribution is 5.67. The van der Waals surface area contributed by atoms with E-state index in [9.17, 15) is 9.59 Å². The molecule has 1 atom stereocenters. The molecule has 0 saturated heterocycles. The van der Waals surface area contributed by atoms with Crippen LogP contribution in [-0.4, -0.2) is 31.4 Å². The first kappa shape index (κ1) is 4.58. The Labute approximate surface area is 128 Å². The number of hydrogen-bond acceptors (Lipinski definition) is 4. The monoisotopic (exact) mass is 274 g/mol. The molecule has 0 saturated carbocycles. The lowest BCUT2D eigenvalue weighted by Gasteiger charge is -2.27. The minimum atomic E-state index is -3.58. The maximum atomic E-state index is 12.1. The SMILES string of the molecule is [2H]C([2H])([2H])C([2H])([2H])C([2H])([2H])C(C)(COC(N)=O)COC(=O)NC([2H])(C([2H])([2H])[2H])C([2H])([2H])[2H]. The van der Waals surface area contributed by atoms with Gasteiger partial charge in [0.05, 0.1) is 1.37 Å². The molecule has 0 aromatic carbocycles. The first-order chi connectivity index (χ1) is 13.8. The molecule has 6 nitrogen and oxygen atoms in total. The number of carbonyl (C=O) groups is 2. The average molecular weight is 274 g/mol. The van der Waals surface area contributed by atoms with Gasteiger partial charge in [-0.3, -0.25) is 0 Å². The quantitative estimate of drug-likeness (QED) is 0.743. The Morgan fingerprint density at radius 1 is 1.50 bits per heavy atom. The van der Waals surface area contributed by atoms with Crippen molar-refractivity contribution in [2.24, 2.45) is 11.1 Å². The molecule has 0 aliphatic rings. The van der Waals surface area contributed by atoms with Crippen LogP contribution in [0.3, 0.4) is 0 Å². The van der Waals surface area contributed by atoms with Crippen LogP contribution < -0.4 is 11.1 Å². The predicted molar refractivity (Wildman–Crippen MR) is 68.2 cm³/mol. The van der Waals surface area contributed by atoms with Crippen LogP contribution in [0.4, 0.5) is 9.59 Å². The highest BCUT2D eigenvalue weighted by atomic mass is 16.6. The Kier molecular flexibility index (Phi) is 1.98. The molecule has 0 rings (SSSR count). The highest BCUT2D eigenvalue weighted by Gasteiger charge is 2.27. The zero-order valence-electron chi connectivity index (χ0n) is 23.6. The van der Waals surface area contributed by atoms with Gasteiger partial charge in [0.25, 0.3) is 0 Å². The Morgan fingerprint density at radius 2 is 2.17 bits per heavy atom. The van der Waals surface area contributed by atoms with Gasteiger partial charge in [-0.25, -0.2) is 9.59 Å². The van der Waals surface area contributed by atoms with Crippen LogP contribution in [0.2, 0.25) is 0 Å². The standard InChI is InChI=1S/C12H24N2O4/c1-5-6-12(4,7-17-10(13)15)8-18-11(16)14-9(2)3/h9H,5-8H2,1-4H3,(H2,13,15)(H,14,16)/i1D3,2D3,3D3,5D2,6D2,9D. The third kappa shape index (κ3) is 7.76. The van der Waals surface area contributed by atoms with E-state index >= 15 is 0 Å². The largest absolute Gasteiger partial charge is 0.449 e. The molecule has 1 unspecified atom stereocenters. The van der Waals surface area contributed by atoms with Crippen molar-refractivity contribution in [2.45, 2.75) is 46.2 Å². The van der Waals surface area contributed by atoms with Gasteiger partial charge in [0.1, 0.15) is 13.2 Å². The molecule has 0 bridgehead atoms. The second-order valence-corrected chi connectivity index (χ2v) is 3.49. The second-order valence-electron chi connectivity index (χ2n) is 3.49. The maximum absolute atomic E-state index is 12.1. The minimum absolute atomic E-state index is 0.855. The number of alkyl carbamates (subject to hydrolysis) is 1. The smallest absolute Gasteiger partial charge is 0.407 e. The van der Waals surface area contributed by atoms with E-state index in [-0.39, 0.29) is 0 Å². The van der Waals surface area contributed by atoms with Crippen molar-refractivity contribution >= 4 is 12.2 Å². The fourth-order valence-corrected chi connectivity index (χ4v) is 0.858. The molecule has 18 heavy (non-hydrogen) atoms. The lowest BCUT2D eigenvalue weighted by atomic mass is 9.87. The summed E-state index contributed by atoms with van der Waals surface area (Å²) >= 11 is 0. The van der Waals surface area contributed by atoms with E-state index in [4.69, 9.17) is 24.9 Å². The number of carbonyl (C=O) groups excluding carboxylic acids is 2. The zero-order chi connectivity index (χ0) is 26.2. The van der Waals surface area contributed by atoms with Crippen molar-refractivity contribution in [3.63, 3.8) is 0 Å². The molecule has 0 radical (unpaired) electrons. The summed E-state index contributed by atoms with van der Waals surface area (Å²) in [7, 11) is 0. The number of nitrogens with two attached hydrogens (primary N) is 1. The number of primary amides is 1. The molecule has 106 valence electrons. The molecule has 0 spiro atoms. The van der Waals surface area contributed by atoms with E-state index in [1.54, 1.807) is 0 Å². The summed E-state index contributed by atoms with van der Waals surface area (Å²) in [6, 6.07) is -3.52. The Morgan fingerprint density at radius 3 is 2.72 bits per heavy atom. The summed E-state index contributed by atoms with van der Waals surface area (Å²) in [5, 5.41) is 1.35. The van der Waals surface area contributed by atoms with Crippen LogP contribution in [0.5, 0.6) is 0 Å². The van der Waals surface area contributed by atoms with Crippen molar-refractivity contribution in [1.82, 2.24) is 5.32 Å². The normalized spacial score (nSPS) is 29.6. The third-order valence-corrected chi connectivity index (χ3v) is 1.65. The molecule has 3 N–H and O–H groups in total. The van der Waals surface area contributed by atoms with Gasteiger partial charge in [0.15, 0.2) is 0 Å². The van der Waals surface area contributed by atoms with Gasteiger partial charge in [-0.2, -0.15) is 0 Å². The molecule has 2 amide bonds. The molecule has 0 aliphatic carbocycles. The summed E-state index contributed by atoms with van der Waals surface area (Å²) in [4.78, 5) is 23.1. The van der Waals surface area contributed by atoms with Gasteiger partial charge >= 0.3 is 12.2 Å². The van der Waals surface area contributed by atoms with Crippen LogP contribution in [-0.2, 0) is 9.47 Å². The predicted octanol–water partition coefficient (Wildman–Crippen LogP) is 2.02. The van der Waals surface area contributed by atoms with Crippen molar-refractivity contribution in [2.75, 3.05) is 13.2 Å². The van der Waals surface area contributed by atoms with Crippen LogP contribution in [0.15, 0.2) is 0 Å². The molecule has 0 heterocycles. The van der Waals surface area contributed by atoms with Crippen molar-refractivity contribution in [1.29, 1.82) is 0 Å². The fourth-order valence-electron chi connectivity index (χ4n) is 0.858. The van der Waals surface area contributed by atoms with Crippen LogP contribution >= 0.6 is 0 Å². The Balaban J connectivity index is 5.99. The summed E-state index contributed by atoms with van der Waals surface area (Å²) in [5.41, 5.74) is 2.40. The van der Waals surface area contributed by atoms with Gasteiger partial charge < -0.3 is 20.5 Å². The van der Waals surface area contributed by atoms with Gasteiger partial charge in [-0.05, 0) is 20.1 Å². The first-order valence-electron chi connectivity index (χ1n) is 11.6. The van der Waals surface area contributed by atoms with E-state index in [1.807, 2.05) is 0 Å². The number of hydrogen-bond donors (Lipinski definition) is 2. The topological polar surface area (TPSA) is 90.7 Å². The molecular weight excluding hydrogens is 236 g/mol. The van der Waals surface area contributed by atoms with Crippen molar-refractivity contribution < 1.29 is 38.3 Å². The summed E-state index contributed by atoms with van der Waals surface area (Å²) < 4.78 is 114.